The van der Waals surface area contributed by atoms with Gasteiger partial charge in [0.1, 0.15) is 5.82 Å². The zero-order valence-electron chi connectivity index (χ0n) is 14.3. The molecule has 0 aliphatic heterocycles. The molecule has 8 heteroatoms. The van der Waals surface area contributed by atoms with Gasteiger partial charge in [-0.15, -0.1) is 24.0 Å². The lowest BCUT2D eigenvalue weighted by atomic mass is 10.1. The van der Waals surface area contributed by atoms with Crippen molar-refractivity contribution in [1.29, 1.82) is 0 Å². The number of carbonyl (C=O) groups excluding carboxylic acids is 1. The normalized spacial score (nSPS) is 12.1. The minimum Gasteiger partial charge on any atom is -0.383 e. The monoisotopic (exact) mass is 452 g/mol. The standard InChI is InChI=1S/C16H25FN4O2.HI/c1-12(11-23-3)21-16(18-2)20-8-7-19-15(22)10-13-5-4-6-14(17)9-13;/h4-6,9,12H,7-8,10-11H2,1-3H3,(H,19,22)(H2,18,20,21);1H. The van der Waals surface area contributed by atoms with Gasteiger partial charge in [-0.1, -0.05) is 12.1 Å². The van der Waals surface area contributed by atoms with Gasteiger partial charge < -0.3 is 20.7 Å². The number of ether oxygens (including phenoxy) is 1. The molecule has 0 heterocycles. The number of nitrogens with one attached hydrogen (secondary N) is 3. The summed E-state index contributed by atoms with van der Waals surface area (Å²) < 4.78 is 18.1. The van der Waals surface area contributed by atoms with Crippen LogP contribution < -0.4 is 16.0 Å². The number of rotatable bonds is 8. The van der Waals surface area contributed by atoms with Crippen LogP contribution in [0.4, 0.5) is 4.39 Å². The van der Waals surface area contributed by atoms with Gasteiger partial charge in [-0.05, 0) is 24.6 Å². The summed E-state index contributed by atoms with van der Waals surface area (Å²) in [5.74, 6) is 0.166. The van der Waals surface area contributed by atoms with Crippen molar-refractivity contribution in [2.75, 3.05) is 33.9 Å². The molecule has 1 aromatic rings. The Labute approximate surface area is 159 Å². The molecule has 1 rings (SSSR count). The first-order valence-corrected chi connectivity index (χ1v) is 7.52. The first kappa shape index (κ1) is 22.6. The summed E-state index contributed by atoms with van der Waals surface area (Å²) >= 11 is 0. The van der Waals surface area contributed by atoms with Crippen molar-refractivity contribution in [2.45, 2.75) is 19.4 Å². The molecule has 1 aromatic carbocycles. The largest absolute Gasteiger partial charge is 0.383 e. The third-order valence-electron chi connectivity index (χ3n) is 3.02. The van der Waals surface area contributed by atoms with Crippen LogP contribution in [0, 0.1) is 5.82 Å². The van der Waals surface area contributed by atoms with Gasteiger partial charge in [-0.2, -0.15) is 0 Å². The Morgan fingerprint density at radius 2 is 2.04 bits per heavy atom. The highest BCUT2D eigenvalue weighted by molar-refractivity contribution is 14.0. The number of guanidine groups is 1. The van der Waals surface area contributed by atoms with Crippen LogP contribution in [0.3, 0.4) is 0 Å². The van der Waals surface area contributed by atoms with Gasteiger partial charge in [-0.25, -0.2) is 4.39 Å². The molecule has 3 N–H and O–H groups in total. The molecule has 0 saturated heterocycles. The molecule has 0 fully saturated rings. The minimum absolute atomic E-state index is 0. The van der Waals surface area contributed by atoms with Crippen LogP contribution in [0.5, 0.6) is 0 Å². The van der Waals surface area contributed by atoms with E-state index in [1.807, 2.05) is 6.92 Å². The Bertz CT molecular complexity index is 529. The maximum absolute atomic E-state index is 13.0. The Kier molecular flexibility index (Phi) is 12.2. The Hall–Kier alpha value is -1.42. The number of benzene rings is 1. The molecule has 0 saturated carbocycles. The summed E-state index contributed by atoms with van der Waals surface area (Å²) in [4.78, 5) is 15.9. The van der Waals surface area contributed by atoms with Crippen molar-refractivity contribution in [1.82, 2.24) is 16.0 Å². The Morgan fingerprint density at radius 1 is 1.33 bits per heavy atom. The highest BCUT2D eigenvalue weighted by atomic mass is 127. The van der Waals surface area contributed by atoms with Gasteiger partial charge in [-0.3, -0.25) is 9.79 Å². The topological polar surface area (TPSA) is 74.8 Å². The van der Waals surface area contributed by atoms with E-state index < -0.39 is 0 Å². The first-order chi connectivity index (χ1) is 11.0. The fourth-order valence-electron chi connectivity index (χ4n) is 2.00. The second-order valence-electron chi connectivity index (χ2n) is 5.16. The van der Waals surface area contributed by atoms with E-state index in [4.69, 9.17) is 4.74 Å². The van der Waals surface area contributed by atoms with Crippen LogP contribution in [-0.2, 0) is 16.0 Å². The smallest absolute Gasteiger partial charge is 0.224 e. The molecule has 24 heavy (non-hydrogen) atoms. The number of amides is 1. The number of hydrogen-bond donors (Lipinski definition) is 3. The number of halogens is 2. The molecule has 0 bridgehead atoms. The van der Waals surface area contributed by atoms with E-state index in [-0.39, 0.29) is 48.2 Å². The van der Waals surface area contributed by atoms with E-state index in [0.29, 0.717) is 31.2 Å². The van der Waals surface area contributed by atoms with Crippen LogP contribution >= 0.6 is 24.0 Å². The van der Waals surface area contributed by atoms with Crippen molar-refractivity contribution in [3.63, 3.8) is 0 Å². The Balaban J connectivity index is 0.00000529. The molecule has 6 nitrogen and oxygen atoms in total. The average Bonchev–Trinajstić information content (AvgIpc) is 2.50. The average molecular weight is 452 g/mol. The van der Waals surface area contributed by atoms with E-state index in [1.54, 1.807) is 26.3 Å². The number of aliphatic imine (C=N–C) groups is 1. The maximum Gasteiger partial charge on any atom is 0.224 e. The summed E-state index contributed by atoms with van der Waals surface area (Å²) in [6, 6.07) is 6.17. The van der Waals surface area contributed by atoms with Crippen molar-refractivity contribution >= 4 is 35.8 Å². The zero-order chi connectivity index (χ0) is 17.1. The van der Waals surface area contributed by atoms with Gasteiger partial charge in [0.2, 0.25) is 5.91 Å². The summed E-state index contributed by atoms with van der Waals surface area (Å²) in [6.45, 7) is 3.55. The lowest BCUT2D eigenvalue weighted by Gasteiger charge is -2.17. The quantitative estimate of drug-likeness (QED) is 0.241. The molecule has 0 aliphatic carbocycles. The molecular weight excluding hydrogens is 426 g/mol. The fraction of sp³-hybridized carbons (Fsp3) is 0.500. The van der Waals surface area contributed by atoms with Crippen molar-refractivity contribution < 1.29 is 13.9 Å². The Morgan fingerprint density at radius 3 is 2.67 bits per heavy atom. The summed E-state index contributed by atoms with van der Waals surface area (Å²) in [5, 5.41) is 9.03. The fourth-order valence-corrected chi connectivity index (χ4v) is 2.00. The van der Waals surface area contributed by atoms with Crippen molar-refractivity contribution in [2.24, 2.45) is 4.99 Å². The van der Waals surface area contributed by atoms with Gasteiger partial charge in [0.25, 0.3) is 0 Å². The maximum atomic E-state index is 13.0. The van der Waals surface area contributed by atoms with Gasteiger partial charge in [0.05, 0.1) is 13.0 Å². The molecule has 136 valence electrons. The van der Waals surface area contributed by atoms with Crippen LogP contribution in [0.2, 0.25) is 0 Å². The third-order valence-corrected chi connectivity index (χ3v) is 3.02. The second-order valence-corrected chi connectivity index (χ2v) is 5.16. The van der Waals surface area contributed by atoms with E-state index >= 15 is 0 Å². The predicted octanol–water partition coefficient (Wildman–Crippen LogP) is 1.30. The summed E-state index contributed by atoms with van der Waals surface area (Å²) in [5.41, 5.74) is 0.654. The minimum atomic E-state index is -0.336. The highest BCUT2D eigenvalue weighted by Crippen LogP contribution is 2.03. The first-order valence-electron chi connectivity index (χ1n) is 7.52. The predicted molar refractivity (Wildman–Crippen MR) is 104 cm³/mol. The molecule has 0 aliphatic rings. The van der Waals surface area contributed by atoms with E-state index in [0.717, 1.165) is 0 Å². The van der Waals surface area contributed by atoms with Crippen LogP contribution in [0.15, 0.2) is 29.3 Å². The molecule has 0 radical (unpaired) electrons. The van der Waals surface area contributed by atoms with Crippen LogP contribution in [0.1, 0.15) is 12.5 Å². The van der Waals surface area contributed by atoms with E-state index in [1.165, 1.54) is 12.1 Å². The SMILES string of the molecule is CN=C(NCCNC(=O)Cc1cccc(F)c1)NC(C)COC.I. The van der Waals surface area contributed by atoms with Crippen molar-refractivity contribution in [3.05, 3.63) is 35.6 Å². The highest BCUT2D eigenvalue weighted by Gasteiger charge is 2.06. The second kappa shape index (κ2) is 12.9. The molecular formula is C16H26FIN4O2. The lowest BCUT2D eigenvalue weighted by Crippen LogP contribution is -2.46. The molecule has 1 atom stereocenters. The van der Waals surface area contributed by atoms with Crippen LogP contribution in [-0.4, -0.2) is 51.8 Å². The van der Waals surface area contributed by atoms with Gasteiger partial charge in [0, 0.05) is 33.3 Å². The van der Waals surface area contributed by atoms with Gasteiger partial charge >= 0.3 is 0 Å². The van der Waals surface area contributed by atoms with E-state index in [9.17, 15) is 9.18 Å². The van der Waals surface area contributed by atoms with Gasteiger partial charge in [0.15, 0.2) is 5.96 Å². The number of hydrogen-bond acceptors (Lipinski definition) is 3. The zero-order valence-corrected chi connectivity index (χ0v) is 16.6. The number of carbonyl (C=O) groups is 1. The number of nitrogens with zero attached hydrogens (tertiary/aromatic N) is 1. The molecule has 0 aromatic heterocycles. The van der Waals surface area contributed by atoms with Crippen molar-refractivity contribution in [3.8, 4) is 0 Å². The molecule has 1 amide bonds. The van der Waals surface area contributed by atoms with Crippen LogP contribution in [0.25, 0.3) is 0 Å². The van der Waals surface area contributed by atoms with E-state index in [2.05, 4.69) is 20.9 Å². The molecule has 0 spiro atoms. The molecule has 1 unspecified atom stereocenters. The summed E-state index contributed by atoms with van der Waals surface area (Å²) in [7, 11) is 3.32. The summed E-state index contributed by atoms with van der Waals surface area (Å²) in [6.07, 6.45) is 0.162. The third kappa shape index (κ3) is 9.66. The number of methoxy groups -OCH3 is 1. The lowest BCUT2D eigenvalue weighted by molar-refractivity contribution is -0.120.